The van der Waals surface area contributed by atoms with Gasteiger partial charge in [-0.05, 0) is 65.8 Å². The lowest BCUT2D eigenvalue weighted by Crippen LogP contribution is -2.52. The van der Waals surface area contributed by atoms with Crippen LogP contribution in [0.1, 0.15) is 53.4 Å². The first kappa shape index (κ1) is 14.8. The summed E-state index contributed by atoms with van der Waals surface area (Å²) in [6, 6.07) is 0. The minimum atomic E-state index is -0.802. The number of carbonyl (C=O) groups is 1. The van der Waals surface area contributed by atoms with Crippen LogP contribution < -0.4 is 5.32 Å². The first-order valence-corrected chi connectivity index (χ1v) is 7.09. The molecule has 2 heterocycles. The number of hydroxylamine groups is 2. The molecule has 0 amide bonds. The summed E-state index contributed by atoms with van der Waals surface area (Å²) in [5.74, 6) is -0.593. The lowest BCUT2D eigenvalue weighted by Gasteiger charge is -2.38. The quantitative estimate of drug-likeness (QED) is 0.730. The van der Waals surface area contributed by atoms with E-state index in [9.17, 15) is 15.1 Å². The van der Waals surface area contributed by atoms with Gasteiger partial charge in [0.05, 0.1) is 0 Å². The topological polar surface area (TPSA) is 72.8 Å². The zero-order valence-corrected chi connectivity index (χ0v) is 12.4. The zero-order chi connectivity index (χ0) is 14.5. The van der Waals surface area contributed by atoms with Crippen molar-refractivity contribution >= 4 is 5.97 Å². The molecule has 2 aliphatic heterocycles. The number of aliphatic carboxylic acids is 1. The highest BCUT2D eigenvalue weighted by Gasteiger charge is 2.55. The van der Waals surface area contributed by atoms with Crippen LogP contribution >= 0.6 is 0 Å². The molecule has 0 aliphatic carbocycles. The molecule has 5 heteroatoms. The van der Waals surface area contributed by atoms with Crippen LogP contribution in [0.15, 0.2) is 0 Å². The van der Waals surface area contributed by atoms with Crippen LogP contribution in [0.2, 0.25) is 0 Å². The molecule has 2 fully saturated rings. The molecule has 2 saturated heterocycles. The lowest BCUT2D eigenvalue weighted by molar-refractivity contribution is -0.197. The molecule has 3 N–H and O–H groups in total. The monoisotopic (exact) mass is 270 g/mol. The predicted octanol–water partition coefficient (Wildman–Crippen LogP) is 1.85. The molecule has 0 aromatic heterocycles. The molecule has 0 saturated carbocycles. The van der Waals surface area contributed by atoms with Crippen molar-refractivity contribution in [3.63, 3.8) is 0 Å². The largest absolute Gasteiger partial charge is 0.480 e. The summed E-state index contributed by atoms with van der Waals surface area (Å²) < 4.78 is 0. The van der Waals surface area contributed by atoms with Crippen molar-refractivity contribution < 1.29 is 15.1 Å². The molecule has 19 heavy (non-hydrogen) atoms. The van der Waals surface area contributed by atoms with Gasteiger partial charge in [0.25, 0.3) is 0 Å². The van der Waals surface area contributed by atoms with E-state index in [0.29, 0.717) is 12.8 Å². The molecule has 110 valence electrons. The fourth-order valence-corrected chi connectivity index (χ4v) is 3.89. The van der Waals surface area contributed by atoms with E-state index < -0.39 is 17.0 Å². The first-order valence-electron chi connectivity index (χ1n) is 7.09. The SMILES string of the molecule is CC1(C)CC(C[C@@]2(C(=O)O)CCCN2)C(C)(C)N1O. The standard InChI is InChI=1S/C14H26N2O3/c1-12(2)8-10(13(3,4)16(12)19)9-14(11(17)18)6-5-7-15-14/h10,15,19H,5-9H2,1-4H3,(H,17,18)/t10?,14-/m1/s1. The molecule has 5 nitrogen and oxygen atoms in total. The molecule has 1 unspecified atom stereocenters. The van der Waals surface area contributed by atoms with Crippen molar-refractivity contribution in [2.75, 3.05) is 6.54 Å². The Balaban J connectivity index is 2.21. The van der Waals surface area contributed by atoms with Gasteiger partial charge in [0, 0.05) is 11.1 Å². The second-order valence-electron chi connectivity index (χ2n) is 7.30. The highest BCUT2D eigenvalue weighted by molar-refractivity contribution is 5.79. The summed E-state index contributed by atoms with van der Waals surface area (Å²) in [4.78, 5) is 11.6. The van der Waals surface area contributed by atoms with Gasteiger partial charge in [-0.3, -0.25) is 4.79 Å². The van der Waals surface area contributed by atoms with Gasteiger partial charge in [0.2, 0.25) is 0 Å². The average molecular weight is 270 g/mol. The van der Waals surface area contributed by atoms with E-state index in [2.05, 4.69) is 5.32 Å². The third-order valence-electron chi connectivity index (χ3n) is 5.11. The highest BCUT2D eigenvalue weighted by atomic mass is 16.5. The van der Waals surface area contributed by atoms with E-state index in [1.54, 1.807) is 0 Å². The second kappa shape index (κ2) is 4.43. The van der Waals surface area contributed by atoms with Crippen LogP contribution in [0, 0.1) is 5.92 Å². The lowest BCUT2D eigenvalue weighted by atomic mass is 9.76. The van der Waals surface area contributed by atoms with Crippen molar-refractivity contribution in [2.45, 2.75) is 70.0 Å². The number of hydrogen-bond acceptors (Lipinski definition) is 4. The minimum Gasteiger partial charge on any atom is -0.480 e. The van der Waals surface area contributed by atoms with Gasteiger partial charge in [0.15, 0.2) is 0 Å². The minimum absolute atomic E-state index is 0.161. The van der Waals surface area contributed by atoms with Crippen molar-refractivity contribution in [1.82, 2.24) is 10.4 Å². The Labute approximate surface area is 114 Å². The fraction of sp³-hybridized carbons (Fsp3) is 0.929. The Bertz CT molecular complexity index is 373. The molecule has 0 aromatic carbocycles. The number of carboxylic acids is 1. The zero-order valence-electron chi connectivity index (χ0n) is 12.4. The van der Waals surface area contributed by atoms with Crippen LogP contribution in [0.3, 0.4) is 0 Å². The Morgan fingerprint density at radius 2 is 2.00 bits per heavy atom. The summed E-state index contributed by atoms with van der Waals surface area (Å²) in [6.45, 7) is 8.77. The molecule has 0 bridgehead atoms. The Morgan fingerprint density at radius 1 is 1.37 bits per heavy atom. The van der Waals surface area contributed by atoms with Gasteiger partial charge in [-0.25, -0.2) is 0 Å². The number of rotatable bonds is 3. The van der Waals surface area contributed by atoms with Gasteiger partial charge >= 0.3 is 5.97 Å². The molecule has 2 rings (SSSR count). The molecular weight excluding hydrogens is 244 g/mol. The van der Waals surface area contributed by atoms with Gasteiger partial charge in [0.1, 0.15) is 5.54 Å². The van der Waals surface area contributed by atoms with Crippen LogP contribution in [0.25, 0.3) is 0 Å². The number of carboxylic acid groups (broad SMARTS) is 1. The predicted molar refractivity (Wildman–Crippen MR) is 72.1 cm³/mol. The van der Waals surface area contributed by atoms with Gasteiger partial charge in [-0.2, -0.15) is 5.06 Å². The molecule has 0 radical (unpaired) electrons. The van der Waals surface area contributed by atoms with E-state index in [1.165, 1.54) is 5.06 Å². The number of hydrogen-bond donors (Lipinski definition) is 3. The highest BCUT2D eigenvalue weighted by Crippen LogP contribution is 2.47. The maximum Gasteiger partial charge on any atom is 0.323 e. The molecule has 2 atom stereocenters. The van der Waals surface area contributed by atoms with Crippen molar-refractivity contribution in [3.8, 4) is 0 Å². The van der Waals surface area contributed by atoms with E-state index in [1.807, 2.05) is 27.7 Å². The normalized spacial score (nSPS) is 37.6. The van der Waals surface area contributed by atoms with Crippen molar-refractivity contribution in [2.24, 2.45) is 5.92 Å². The summed E-state index contributed by atoms with van der Waals surface area (Å²) in [5, 5.41) is 24.5. The number of nitrogens with one attached hydrogen (secondary N) is 1. The summed E-state index contributed by atoms with van der Waals surface area (Å²) >= 11 is 0. The Hall–Kier alpha value is -0.650. The average Bonchev–Trinajstić information content (AvgIpc) is 2.81. The van der Waals surface area contributed by atoms with Crippen molar-refractivity contribution in [1.29, 1.82) is 0 Å². The van der Waals surface area contributed by atoms with Crippen LogP contribution in [-0.4, -0.2) is 44.5 Å². The second-order valence-corrected chi connectivity index (χ2v) is 7.30. The third kappa shape index (κ3) is 2.28. The van der Waals surface area contributed by atoms with Crippen LogP contribution in [-0.2, 0) is 4.79 Å². The summed E-state index contributed by atoms with van der Waals surface area (Å²) in [7, 11) is 0. The number of nitrogens with zero attached hydrogens (tertiary/aromatic N) is 1. The smallest absolute Gasteiger partial charge is 0.323 e. The Morgan fingerprint density at radius 3 is 2.37 bits per heavy atom. The van der Waals surface area contributed by atoms with Gasteiger partial charge < -0.3 is 15.6 Å². The maximum absolute atomic E-state index is 11.6. The maximum atomic E-state index is 11.6. The van der Waals surface area contributed by atoms with Crippen molar-refractivity contribution in [3.05, 3.63) is 0 Å². The summed E-state index contributed by atoms with van der Waals surface area (Å²) in [5.41, 5.74) is -1.49. The third-order valence-corrected chi connectivity index (χ3v) is 5.11. The molecule has 0 spiro atoms. The van der Waals surface area contributed by atoms with Gasteiger partial charge in [-0.1, -0.05) is 0 Å². The van der Waals surface area contributed by atoms with Gasteiger partial charge in [-0.15, -0.1) is 0 Å². The fourth-order valence-electron chi connectivity index (χ4n) is 3.89. The van der Waals surface area contributed by atoms with E-state index in [0.717, 1.165) is 19.4 Å². The Kier molecular flexibility index (Phi) is 3.44. The molecular formula is C14H26N2O3. The van der Waals surface area contributed by atoms with E-state index >= 15 is 0 Å². The first-order chi connectivity index (χ1) is 8.62. The van der Waals surface area contributed by atoms with E-state index in [-0.39, 0.29) is 11.5 Å². The molecule has 0 aromatic rings. The van der Waals surface area contributed by atoms with E-state index in [4.69, 9.17) is 0 Å². The van der Waals surface area contributed by atoms with Crippen LogP contribution in [0.4, 0.5) is 0 Å². The van der Waals surface area contributed by atoms with Crippen LogP contribution in [0.5, 0.6) is 0 Å². The summed E-state index contributed by atoms with van der Waals surface area (Å²) in [6.07, 6.45) is 2.98. The molecule has 2 aliphatic rings.